The van der Waals surface area contributed by atoms with Gasteiger partial charge in [0.2, 0.25) is 5.91 Å². The van der Waals surface area contributed by atoms with Gasteiger partial charge in [0, 0.05) is 17.1 Å². The van der Waals surface area contributed by atoms with Gasteiger partial charge in [-0.05, 0) is 48.4 Å². The highest BCUT2D eigenvalue weighted by molar-refractivity contribution is 6.03. The van der Waals surface area contributed by atoms with Crippen LogP contribution in [0.25, 0.3) is 0 Å². The number of benzene rings is 3. The Kier molecular flexibility index (Phi) is 7.92. The van der Waals surface area contributed by atoms with Crippen molar-refractivity contribution in [1.29, 1.82) is 0 Å². The molecule has 0 aliphatic carbocycles. The topological polar surface area (TPSA) is 99.3 Å². The summed E-state index contributed by atoms with van der Waals surface area (Å²) in [4.78, 5) is 37.5. The molecule has 3 rings (SSSR count). The second-order valence-electron chi connectivity index (χ2n) is 7.81. The molecule has 0 bridgehead atoms. The summed E-state index contributed by atoms with van der Waals surface area (Å²) in [5, 5.41) is 10.4. The summed E-state index contributed by atoms with van der Waals surface area (Å²) in [6.07, 6.45) is 0. The van der Waals surface area contributed by atoms with E-state index in [9.17, 15) is 23.2 Å². The highest BCUT2D eigenvalue weighted by Crippen LogP contribution is 2.18. The predicted octanol–water partition coefficient (Wildman–Crippen LogP) is 5.00. The number of rotatable bonds is 7. The largest absolute Gasteiger partial charge is 0.340 e. The normalized spacial score (nSPS) is 11.4. The molecule has 9 heteroatoms. The number of amides is 4. The summed E-state index contributed by atoms with van der Waals surface area (Å²) < 4.78 is 27.9. The van der Waals surface area contributed by atoms with Crippen LogP contribution in [-0.2, 0) is 4.79 Å². The average molecular weight is 466 g/mol. The van der Waals surface area contributed by atoms with Crippen molar-refractivity contribution in [1.82, 2.24) is 5.32 Å². The van der Waals surface area contributed by atoms with Crippen LogP contribution in [-0.4, -0.2) is 23.9 Å². The molecule has 0 spiro atoms. The highest BCUT2D eigenvalue weighted by Gasteiger charge is 2.27. The second kappa shape index (κ2) is 11.0. The molecule has 1 atom stereocenters. The molecule has 4 N–H and O–H groups in total. The number of anilines is 3. The molecule has 0 saturated carbocycles. The van der Waals surface area contributed by atoms with Gasteiger partial charge in [0.25, 0.3) is 5.91 Å². The predicted molar refractivity (Wildman–Crippen MR) is 127 cm³/mol. The van der Waals surface area contributed by atoms with Crippen molar-refractivity contribution >= 4 is 34.9 Å². The molecule has 0 saturated heterocycles. The van der Waals surface area contributed by atoms with E-state index in [0.29, 0.717) is 17.1 Å². The minimum atomic E-state index is -1.07. The van der Waals surface area contributed by atoms with Gasteiger partial charge in [-0.2, -0.15) is 0 Å². The molecule has 4 amide bonds. The van der Waals surface area contributed by atoms with Gasteiger partial charge < -0.3 is 21.3 Å². The zero-order valence-corrected chi connectivity index (χ0v) is 18.6. The van der Waals surface area contributed by atoms with Crippen LogP contribution in [0, 0.1) is 17.6 Å². The fourth-order valence-corrected chi connectivity index (χ4v) is 3.17. The van der Waals surface area contributed by atoms with Crippen molar-refractivity contribution in [2.75, 3.05) is 16.0 Å². The van der Waals surface area contributed by atoms with Gasteiger partial charge in [-0.25, -0.2) is 13.6 Å². The molecule has 3 aromatic carbocycles. The maximum atomic E-state index is 13.9. The number of hydrogen-bond donors (Lipinski definition) is 4. The Morgan fingerprint density at radius 3 is 1.85 bits per heavy atom. The van der Waals surface area contributed by atoms with Crippen LogP contribution in [0.15, 0.2) is 72.8 Å². The first kappa shape index (κ1) is 24.4. The molecule has 1 unspecified atom stereocenters. The van der Waals surface area contributed by atoms with Crippen LogP contribution in [0.4, 0.5) is 30.6 Å². The van der Waals surface area contributed by atoms with E-state index in [-0.39, 0.29) is 5.92 Å². The molecule has 34 heavy (non-hydrogen) atoms. The van der Waals surface area contributed by atoms with Gasteiger partial charge >= 0.3 is 6.03 Å². The van der Waals surface area contributed by atoms with Gasteiger partial charge in [0.05, 0.1) is 0 Å². The molecule has 0 radical (unpaired) electrons. The maximum Gasteiger partial charge on any atom is 0.323 e. The second-order valence-corrected chi connectivity index (χ2v) is 7.81. The van der Waals surface area contributed by atoms with E-state index in [1.807, 2.05) is 6.07 Å². The molecular formula is C25H24F2N4O3. The van der Waals surface area contributed by atoms with Crippen LogP contribution < -0.4 is 21.3 Å². The lowest BCUT2D eigenvalue weighted by Gasteiger charge is -2.22. The van der Waals surface area contributed by atoms with Crippen molar-refractivity contribution in [2.45, 2.75) is 19.9 Å². The van der Waals surface area contributed by atoms with Crippen LogP contribution in [0.5, 0.6) is 0 Å². The molecule has 0 aliphatic rings. The summed E-state index contributed by atoms with van der Waals surface area (Å²) in [6.45, 7) is 3.38. The third kappa shape index (κ3) is 6.38. The van der Waals surface area contributed by atoms with Gasteiger partial charge in [-0.1, -0.05) is 44.2 Å². The summed E-state index contributed by atoms with van der Waals surface area (Å²) >= 11 is 0. The standard InChI is InChI=1S/C25H24F2N4O3/c1-15(2)22(31-23(32)21-19(26)12-7-13-20(21)27)24(33)28-17-10-6-11-18(14-17)30-25(34)29-16-8-4-3-5-9-16/h3-15,22H,1-2H3,(H,28,33)(H,31,32)(H2,29,30,34). The van der Waals surface area contributed by atoms with E-state index in [1.54, 1.807) is 56.3 Å². The van der Waals surface area contributed by atoms with Crippen LogP contribution in [0.1, 0.15) is 24.2 Å². The average Bonchev–Trinajstić information content (AvgIpc) is 2.78. The number of urea groups is 1. The smallest absolute Gasteiger partial charge is 0.323 e. The summed E-state index contributed by atoms with van der Waals surface area (Å²) in [7, 11) is 0. The van der Waals surface area contributed by atoms with Crippen molar-refractivity contribution < 1.29 is 23.2 Å². The molecule has 0 aromatic heterocycles. The Hall–Kier alpha value is -4.27. The van der Waals surface area contributed by atoms with Gasteiger partial charge in [0.1, 0.15) is 23.2 Å². The molecule has 0 heterocycles. The Morgan fingerprint density at radius 2 is 1.24 bits per heavy atom. The zero-order chi connectivity index (χ0) is 24.7. The van der Waals surface area contributed by atoms with E-state index in [4.69, 9.17) is 0 Å². The molecule has 176 valence electrons. The van der Waals surface area contributed by atoms with Gasteiger partial charge in [-0.3, -0.25) is 9.59 Å². The van der Waals surface area contributed by atoms with E-state index in [2.05, 4.69) is 21.3 Å². The first-order valence-electron chi connectivity index (χ1n) is 10.5. The molecular weight excluding hydrogens is 442 g/mol. The monoisotopic (exact) mass is 466 g/mol. The summed E-state index contributed by atoms with van der Waals surface area (Å²) in [6, 6.07) is 16.9. The van der Waals surface area contributed by atoms with Crippen molar-refractivity contribution in [3.05, 3.63) is 90.0 Å². The van der Waals surface area contributed by atoms with Crippen LogP contribution in [0.2, 0.25) is 0 Å². The first-order chi connectivity index (χ1) is 16.2. The van der Waals surface area contributed by atoms with Gasteiger partial charge in [-0.15, -0.1) is 0 Å². The third-order valence-corrected chi connectivity index (χ3v) is 4.85. The van der Waals surface area contributed by atoms with E-state index in [0.717, 1.165) is 18.2 Å². The zero-order valence-electron chi connectivity index (χ0n) is 18.6. The Balaban J connectivity index is 1.67. The fraction of sp³-hybridized carbons (Fsp3) is 0.160. The van der Waals surface area contributed by atoms with E-state index >= 15 is 0 Å². The minimum Gasteiger partial charge on any atom is -0.340 e. The SMILES string of the molecule is CC(C)C(NC(=O)c1c(F)cccc1F)C(=O)Nc1cccc(NC(=O)Nc2ccccc2)c1. The maximum absolute atomic E-state index is 13.9. The van der Waals surface area contributed by atoms with Crippen molar-refractivity contribution in [2.24, 2.45) is 5.92 Å². The lowest BCUT2D eigenvalue weighted by molar-refractivity contribution is -0.118. The number of halogens is 2. The highest BCUT2D eigenvalue weighted by atomic mass is 19.1. The van der Waals surface area contributed by atoms with Crippen molar-refractivity contribution in [3.8, 4) is 0 Å². The number of para-hydroxylation sites is 1. The van der Waals surface area contributed by atoms with Crippen LogP contribution in [0.3, 0.4) is 0 Å². The minimum absolute atomic E-state index is 0.361. The van der Waals surface area contributed by atoms with E-state index in [1.165, 1.54) is 6.07 Å². The van der Waals surface area contributed by atoms with Crippen LogP contribution >= 0.6 is 0 Å². The number of hydrogen-bond acceptors (Lipinski definition) is 3. The Morgan fingerprint density at radius 1 is 0.706 bits per heavy atom. The number of carbonyl (C=O) groups is 3. The Bertz CT molecular complexity index is 1170. The molecule has 3 aromatic rings. The molecule has 0 fully saturated rings. The molecule has 0 aliphatic heterocycles. The quantitative estimate of drug-likeness (QED) is 0.394. The number of nitrogens with one attached hydrogen (secondary N) is 4. The van der Waals surface area contributed by atoms with Crippen molar-refractivity contribution in [3.63, 3.8) is 0 Å². The fourth-order valence-electron chi connectivity index (χ4n) is 3.17. The molecule has 7 nitrogen and oxygen atoms in total. The lowest BCUT2D eigenvalue weighted by Crippen LogP contribution is -2.47. The number of carbonyl (C=O) groups excluding carboxylic acids is 3. The van der Waals surface area contributed by atoms with Gasteiger partial charge in [0.15, 0.2) is 0 Å². The summed E-state index contributed by atoms with van der Waals surface area (Å²) in [5.74, 6) is -4.03. The first-order valence-corrected chi connectivity index (χ1v) is 10.5. The third-order valence-electron chi connectivity index (χ3n) is 4.85. The van der Waals surface area contributed by atoms with E-state index < -0.39 is 41.1 Å². The lowest BCUT2D eigenvalue weighted by atomic mass is 10.0. The summed E-state index contributed by atoms with van der Waals surface area (Å²) in [5.41, 5.74) is 0.645. The Labute approximate surface area is 195 Å².